The zero-order valence-corrected chi connectivity index (χ0v) is 6.99. The minimum Gasteiger partial charge on any atom is -0.370 e. The summed E-state index contributed by atoms with van der Waals surface area (Å²) in [5, 5.41) is 1.02. The third kappa shape index (κ3) is 1.33. The van der Waals surface area contributed by atoms with Gasteiger partial charge in [0.2, 0.25) is 0 Å². The second kappa shape index (κ2) is 2.82. The lowest BCUT2D eigenvalue weighted by Crippen LogP contribution is -2.21. The van der Waals surface area contributed by atoms with Crippen LogP contribution in [0.1, 0.15) is 0 Å². The fourth-order valence-corrected chi connectivity index (χ4v) is 1.29. The molecule has 0 fully saturated rings. The van der Waals surface area contributed by atoms with Gasteiger partial charge in [0.05, 0.1) is 5.69 Å². The van der Waals surface area contributed by atoms with Crippen molar-refractivity contribution in [2.24, 2.45) is 16.5 Å². The van der Waals surface area contributed by atoms with E-state index in [2.05, 4.69) is 9.98 Å². The number of aromatic nitrogens is 1. The van der Waals surface area contributed by atoms with Crippen molar-refractivity contribution >= 4 is 22.5 Å². The predicted molar refractivity (Wildman–Crippen MR) is 53.8 cm³/mol. The molecule has 0 saturated carbocycles. The minimum absolute atomic E-state index is 0.0738. The summed E-state index contributed by atoms with van der Waals surface area (Å²) in [6.07, 6.45) is 1.78. The first-order valence-electron chi connectivity index (χ1n) is 3.93. The Labute approximate surface area is 75.3 Å². The van der Waals surface area contributed by atoms with Gasteiger partial charge in [0.15, 0.2) is 5.96 Å². The van der Waals surface area contributed by atoms with Crippen molar-refractivity contribution in [3.05, 3.63) is 30.5 Å². The van der Waals surface area contributed by atoms with Crippen molar-refractivity contribution in [1.29, 1.82) is 0 Å². The number of nitrogens with zero attached hydrogens (tertiary/aromatic N) is 1. The Balaban J connectivity index is 2.65. The van der Waals surface area contributed by atoms with Crippen LogP contribution in [0.3, 0.4) is 0 Å². The molecule has 0 unspecified atom stereocenters. The van der Waals surface area contributed by atoms with Crippen LogP contribution in [0.4, 0.5) is 5.69 Å². The highest BCUT2D eigenvalue weighted by molar-refractivity contribution is 5.93. The molecular formula is C9H10N4. The SMILES string of the molecule is NC(N)=Nc1c[nH]c2ccccc12. The molecule has 5 N–H and O–H groups in total. The van der Waals surface area contributed by atoms with Crippen LogP contribution in [0.2, 0.25) is 0 Å². The lowest BCUT2D eigenvalue weighted by atomic mass is 10.2. The lowest BCUT2D eigenvalue weighted by molar-refractivity contribution is 1.41. The Hall–Kier alpha value is -1.97. The van der Waals surface area contributed by atoms with E-state index >= 15 is 0 Å². The molecule has 2 aromatic rings. The first-order chi connectivity index (χ1) is 6.27. The number of H-pyrrole nitrogens is 1. The fraction of sp³-hybridized carbons (Fsp3) is 0. The summed E-state index contributed by atoms with van der Waals surface area (Å²) in [7, 11) is 0. The van der Waals surface area contributed by atoms with Gasteiger partial charge in [-0.3, -0.25) is 0 Å². The molecule has 13 heavy (non-hydrogen) atoms. The highest BCUT2D eigenvalue weighted by Crippen LogP contribution is 2.24. The second-order valence-corrected chi connectivity index (χ2v) is 2.76. The molecule has 0 aliphatic carbocycles. The van der Waals surface area contributed by atoms with Crippen LogP contribution < -0.4 is 11.5 Å². The highest BCUT2D eigenvalue weighted by Gasteiger charge is 2.00. The maximum Gasteiger partial charge on any atom is 0.191 e. The standard InChI is InChI=1S/C9H10N4/c10-9(11)13-8-5-12-7-4-2-1-3-6(7)8/h1-5,12H,(H4,10,11,13). The summed E-state index contributed by atoms with van der Waals surface area (Å²) in [5.41, 5.74) is 12.4. The molecule has 1 heterocycles. The number of benzene rings is 1. The topological polar surface area (TPSA) is 80.2 Å². The second-order valence-electron chi connectivity index (χ2n) is 2.76. The molecule has 0 aliphatic heterocycles. The molecule has 0 amide bonds. The van der Waals surface area contributed by atoms with Crippen molar-refractivity contribution in [1.82, 2.24) is 4.98 Å². The number of nitrogens with one attached hydrogen (secondary N) is 1. The zero-order valence-electron chi connectivity index (χ0n) is 6.99. The van der Waals surface area contributed by atoms with Gasteiger partial charge in [0.25, 0.3) is 0 Å². The van der Waals surface area contributed by atoms with Crippen LogP contribution in [0, 0.1) is 0 Å². The first kappa shape index (κ1) is 7.67. The van der Waals surface area contributed by atoms with E-state index in [1.807, 2.05) is 24.3 Å². The minimum atomic E-state index is 0.0738. The smallest absolute Gasteiger partial charge is 0.191 e. The Morgan fingerprint density at radius 3 is 2.77 bits per heavy atom. The number of hydrogen-bond donors (Lipinski definition) is 3. The monoisotopic (exact) mass is 174 g/mol. The summed E-state index contributed by atoms with van der Waals surface area (Å²) in [5.74, 6) is 0.0738. The summed E-state index contributed by atoms with van der Waals surface area (Å²) >= 11 is 0. The number of hydrogen-bond acceptors (Lipinski definition) is 1. The number of rotatable bonds is 1. The number of aromatic amines is 1. The molecule has 0 bridgehead atoms. The number of guanidine groups is 1. The highest BCUT2D eigenvalue weighted by atomic mass is 15.0. The van der Waals surface area contributed by atoms with Gasteiger partial charge in [-0.2, -0.15) is 0 Å². The summed E-state index contributed by atoms with van der Waals surface area (Å²) in [6.45, 7) is 0. The van der Waals surface area contributed by atoms with Gasteiger partial charge in [-0.15, -0.1) is 0 Å². The average Bonchev–Trinajstić information content (AvgIpc) is 2.48. The van der Waals surface area contributed by atoms with Crippen molar-refractivity contribution < 1.29 is 0 Å². The van der Waals surface area contributed by atoms with E-state index in [4.69, 9.17) is 11.5 Å². The predicted octanol–water partition coefficient (Wildman–Crippen LogP) is 1.07. The lowest BCUT2D eigenvalue weighted by Gasteiger charge is -1.91. The van der Waals surface area contributed by atoms with Crippen LogP contribution in [-0.2, 0) is 0 Å². The van der Waals surface area contributed by atoms with E-state index in [1.165, 1.54) is 0 Å². The zero-order chi connectivity index (χ0) is 9.26. The van der Waals surface area contributed by atoms with Crippen LogP contribution in [-0.4, -0.2) is 10.9 Å². The van der Waals surface area contributed by atoms with Crippen LogP contribution in [0.25, 0.3) is 10.9 Å². The van der Waals surface area contributed by atoms with E-state index < -0.39 is 0 Å². The summed E-state index contributed by atoms with van der Waals surface area (Å²) < 4.78 is 0. The molecule has 4 nitrogen and oxygen atoms in total. The maximum atomic E-state index is 5.29. The van der Waals surface area contributed by atoms with E-state index in [9.17, 15) is 0 Å². The van der Waals surface area contributed by atoms with Gasteiger partial charge in [-0.05, 0) is 6.07 Å². The molecule has 2 rings (SSSR count). The molecule has 66 valence electrons. The number of para-hydroxylation sites is 1. The Kier molecular flexibility index (Phi) is 1.66. The first-order valence-corrected chi connectivity index (χ1v) is 3.93. The van der Waals surface area contributed by atoms with Crippen molar-refractivity contribution in [3.8, 4) is 0 Å². The third-order valence-electron chi connectivity index (χ3n) is 1.82. The van der Waals surface area contributed by atoms with Gasteiger partial charge in [0, 0.05) is 17.1 Å². The van der Waals surface area contributed by atoms with Crippen molar-refractivity contribution in [3.63, 3.8) is 0 Å². The van der Waals surface area contributed by atoms with Crippen LogP contribution in [0.15, 0.2) is 35.5 Å². The molecule has 0 spiro atoms. The van der Waals surface area contributed by atoms with Gasteiger partial charge in [0.1, 0.15) is 0 Å². The Morgan fingerprint density at radius 2 is 2.00 bits per heavy atom. The van der Waals surface area contributed by atoms with Gasteiger partial charge < -0.3 is 16.5 Å². The normalized spacial score (nSPS) is 10.2. The van der Waals surface area contributed by atoms with Crippen molar-refractivity contribution in [2.45, 2.75) is 0 Å². The Bertz CT molecular complexity index is 451. The molecule has 4 heteroatoms. The van der Waals surface area contributed by atoms with E-state index in [-0.39, 0.29) is 5.96 Å². The molecule has 0 saturated heterocycles. The van der Waals surface area contributed by atoms with Crippen LogP contribution in [0.5, 0.6) is 0 Å². The van der Waals surface area contributed by atoms with Crippen LogP contribution >= 0.6 is 0 Å². The largest absolute Gasteiger partial charge is 0.370 e. The van der Waals surface area contributed by atoms with Crippen molar-refractivity contribution in [2.75, 3.05) is 0 Å². The van der Waals surface area contributed by atoms with Gasteiger partial charge in [-0.1, -0.05) is 18.2 Å². The number of fused-ring (bicyclic) bond motifs is 1. The maximum absolute atomic E-state index is 5.29. The molecule has 0 aliphatic rings. The quantitative estimate of drug-likeness (QED) is 0.446. The Morgan fingerprint density at radius 1 is 1.23 bits per heavy atom. The summed E-state index contributed by atoms with van der Waals surface area (Å²) in [4.78, 5) is 7.06. The molecule has 0 radical (unpaired) electrons. The van der Waals surface area contributed by atoms with Gasteiger partial charge in [-0.25, -0.2) is 4.99 Å². The number of nitrogens with two attached hydrogens (primary N) is 2. The van der Waals surface area contributed by atoms with E-state index in [1.54, 1.807) is 6.20 Å². The molecule has 0 atom stereocenters. The molecule has 1 aromatic carbocycles. The fourth-order valence-electron chi connectivity index (χ4n) is 1.29. The third-order valence-corrected chi connectivity index (χ3v) is 1.82. The molecule has 1 aromatic heterocycles. The average molecular weight is 174 g/mol. The molecular weight excluding hydrogens is 164 g/mol. The summed E-state index contributed by atoms with van der Waals surface area (Å²) in [6, 6.07) is 7.84. The van der Waals surface area contributed by atoms with E-state index in [0.29, 0.717) is 0 Å². The van der Waals surface area contributed by atoms with E-state index in [0.717, 1.165) is 16.6 Å². The number of aliphatic imine (C=N–C) groups is 1. The van der Waals surface area contributed by atoms with Gasteiger partial charge >= 0.3 is 0 Å².